The lowest BCUT2D eigenvalue weighted by Gasteiger charge is -2.23. The summed E-state index contributed by atoms with van der Waals surface area (Å²) in [6.07, 6.45) is 0.394. The van der Waals surface area contributed by atoms with Crippen molar-refractivity contribution in [2.45, 2.75) is 27.2 Å². The molecule has 0 aliphatic heterocycles. The summed E-state index contributed by atoms with van der Waals surface area (Å²) in [7, 11) is 0. The van der Waals surface area contributed by atoms with Crippen molar-refractivity contribution in [2.75, 3.05) is 0 Å². The van der Waals surface area contributed by atoms with Crippen molar-refractivity contribution in [1.29, 1.82) is 0 Å². The molecule has 12 heavy (non-hydrogen) atoms. The average molecular weight is 170 g/mol. The van der Waals surface area contributed by atoms with E-state index in [4.69, 9.17) is 5.11 Å². The van der Waals surface area contributed by atoms with Crippen LogP contribution in [0.1, 0.15) is 27.2 Å². The van der Waals surface area contributed by atoms with Crippen molar-refractivity contribution in [3.63, 3.8) is 0 Å². The van der Waals surface area contributed by atoms with E-state index in [1.165, 1.54) is 0 Å². The van der Waals surface area contributed by atoms with Gasteiger partial charge in [-0.3, -0.25) is 9.59 Å². The molecule has 0 bridgehead atoms. The third kappa shape index (κ3) is 1.24. The highest BCUT2D eigenvalue weighted by atomic mass is 16.4. The van der Waals surface area contributed by atoms with Gasteiger partial charge in [0.15, 0.2) is 0 Å². The lowest BCUT2D eigenvalue weighted by molar-refractivity contribution is -0.147. The highest BCUT2D eigenvalue weighted by molar-refractivity contribution is 5.90. The fourth-order valence-corrected chi connectivity index (χ4v) is 2.13. The molecule has 3 heteroatoms. The number of hydrogen-bond donors (Lipinski definition) is 1. The Labute approximate surface area is 71.8 Å². The summed E-state index contributed by atoms with van der Waals surface area (Å²) in [6.45, 7) is 5.39. The van der Waals surface area contributed by atoms with Gasteiger partial charge in [-0.1, -0.05) is 20.8 Å². The minimum Gasteiger partial charge on any atom is -0.481 e. The molecule has 0 aromatic rings. The maximum Gasteiger partial charge on any atom is 0.307 e. The van der Waals surface area contributed by atoms with E-state index in [9.17, 15) is 9.59 Å². The topological polar surface area (TPSA) is 54.4 Å². The van der Waals surface area contributed by atoms with Crippen LogP contribution in [0, 0.1) is 17.3 Å². The summed E-state index contributed by atoms with van der Waals surface area (Å²) in [6, 6.07) is 0. The molecule has 1 N–H and O–H groups in total. The number of carboxylic acids is 1. The summed E-state index contributed by atoms with van der Waals surface area (Å²) in [5.41, 5.74) is -0.373. The van der Waals surface area contributed by atoms with E-state index in [0.717, 1.165) is 0 Å². The van der Waals surface area contributed by atoms with Crippen LogP contribution in [0.5, 0.6) is 0 Å². The number of carbonyl (C=O) groups is 2. The monoisotopic (exact) mass is 170 g/mol. The molecule has 1 aliphatic rings. The largest absolute Gasteiger partial charge is 0.481 e. The van der Waals surface area contributed by atoms with Crippen LogP contribution < -0.4 is 0 Å². The Balaban J connectivity index is 2.96. The fraction of sp³-hybridized carbons (Fsp3) is 0.778. The third-order valence-electron chi connectivity index (χ3n) is 2.75. The lowest BCUT2D eigenvalue weighted by atomic mass is 9.79. The van der Waals surface area contributed by atoms with Crippen molar-refractivity contribution in [3.8, 4) is 0 Å². The highest BCUT2D eigenvalue weighted by Gasteiger charge is 2.49. The van der Waals surface area contributed by atoms with E-state index < -0.39 is 11.9 Å². The Bertz CT molecular complexity index is 230. The quantitative estimate of drug-likeness (QED) is 0.645. The third-order valence-corrected chi connectivity index (χ3v) is 2.75. The van der Waals surface area contributed by atoms with E-state index in [1.807, 2.05) is 13.8 Å². The molecule has 0 heterocycles. The first-order chi connectivity index (χ1) is 5.36. The Morgan fingerprint density at radius 2 is 2.08 bits per heavy atom. The Morgan fingerprint density at radius 3 is 2.25 bits per heavy atom. The molecule has 0 aromatic carbocycles. The van der Waals surface area contributed by atoms with Gasteiger partial charge in [-0.25, -0.2) is 0 Å². The molecule has 1 aliphatic carbocycles. The van der Waals surface area contributed by atoms with Crippen LogP contribution in [0.3, 0.4) is 0 Å². The molecule has 68 valence electrons. The van der Waals surface area contributed by atoms with E-state index in [-0.39, 0.29) is 17.1 Å². The molecule has 0 aromatic heterocycles. The zero-order valence-electron chi connectivity index (χ0n) is 7.63. The van der Waals surface area contributed by atoms with Gasteiger partial charge in [0, 0.05) is 12.3 Å². The molecule has 1 saturated carbocycles. The number of hydrogen-bond acceptors (Lipinski definition) is 2. The van der Waals surface area contributed by atoms with Gasteiger partial charge < -0.3 is 5.11 Å². The second-order valence-electron chi connectivity index (χ2n) is 4.24. The number of rotatable bonds is 1. The van der Waals surface area contributed by atoms with Crippen molar-refractivity contribution in [1.82, 2.24) is 0 Å². The predicted molar refractivity (Wildman–Crippen MR) is 43.7 cm³/mol. The Hall–Kier alpha value is -0.860. The van der Waals surface area contributed by atoms with Crippen molar-refractivity contribution >= 4 is 11.8 Å². The van der Waals surface area contributed by atoms with Gasteiger partial charge in [0.25, 0.3) is 0 Å². The van der Waals surface area contributed by atoms with Crippen molar-refractivity contribution in [2.24, 2.45) is 17.3 Å². The first-order valence-corrected chi connectivity index (χ1v) is 4.12. The van der Waals surface area contributed by atoms with Gasteiger partial charge in [-0.05, 0) is 5.41 Å². The maximum atomic E-state index is 11.2. The molecule has 0 radical (unpaired) electrons. The lowest BCUT2D eigenvalue weighted by Crippen LogP contribution is -2.29. The molecular formula is C9H14O3. The molecule has 3 nitrogen and oxygen atoms in total. The standard InChI is InChI=1S/C9H14O3/c1-5-6(10)4-9(2,3)7(5)8(11)12/h5,7H,4H2,1-3H3,(H,11,12). The zero-order chi connectivity index (χ0) is 9.52. The summed E-state index contributed by atoms with van der Waals surface area (Å²) in [5, 5.41) is 8.88. The highest BCUT2D eigenvalue weighted by Crippen LogP contribution is 2.44. The molecule has 2 unspecified atom stereocenters. The fourth-order valence-electron chi connectivity index (χ4n) is 2.13. The molecule has 0 spiro atoms. The number of aliphatic carboxylic acids is 1. The van der Waals surface area contributed by atoms with E-state index in [1.54, 1.807) is 6.92 Å². The summed E-state index contributed by atoms with van der Waals surface area (Å²) >= 11 is 0. The second kappa shape index (κ2) is 2.57. The van der Waals surface area contributed by atoms with Crippen molar-refractivity contribution in [3.05, 3.63) is 0 Å². The van der Waals surface area contributed by atoms with E-state index in [0.29, 0.717) is 6.42 Å². The number of carbonyl (C=O) groups excluding carboxylic acids is 1. The normalized spacial score (nSPS) is 33.8. The molecule has 0 amide bonds. The van der Waals surface area contributed by atoms with Gasteiger partial charge in [0.1, 0.15) is 5.78 Å². The molecule has 2 atom stereocenters. The molecule has 0 saturated heterocycles. The molecular weight excluding hydrogens is 156 g/mol. The van der Waals surface area contributed by atoms with Crippen LogP contribution in [0.25, 0.3) is 0 Å². The predicted octanol–water partition coefficient (Wildman–Crippen LogP) is 1.32. The van der Waals surface area contributed by atoms with E-state index >= 15 is 0 Å². The first kappa shape index (κ1) is 9.23. The summed E-state index contributed by atoms with van der Waals surface area (Å²) in [4.78, 5) is 22.1. The van der Waals surface area contributed by atoms with Crippen LogP contribution in [0.15, 0.2) is 0 Å². The summed E-state index contributed by atoms with van der Waals surface area (Å²) < 4.78 is 0. The SMILES string of the molecule is CC1C(=O)CC(C)(C)C1C(=O)O. The Kier molecular flexibility index (Phi) is 1.98. The van der Waals surface area contributed by atoms with Crippen molar-refractivity contribution < 1.29 is 14.7 Å². The van der Waals surface area contributed by atoms with Gasteiger partial charge in [-0.2, -0.15) is 0 Å². The molecule has 1 rings (SSSR count). The zero-order valence-corrected chi connectivity index (χ0v) is 7.63. The number of Topliss-reactive ketones (excluding diaryl/α,β-unsaturated/α-hetero) is 1. The average Bonchev–Trinajstić information content (AvgIpc) is 2.01. The van der Waals surface area contributed by atoms with Gasteiger partial charge in [0.05, 0.1) is 5.92 Å². The van der Waals surface area contributed by atoms with Crippen LogP contribution in [-0.4, -0.2) is 16.9 Å². The smallest absolute Gasteiger partial charge is 0.307 e. The summed E-state index contributed by atoms with van der Waals surface area (Å²) in [5.74, 6) is -1.60. The van der Waals surface area contributed by atoms with Gasteiger partial charge in [-0.15, -0.1) is 0 Å². The number of carboxylic acid groups (broad SMARTS) is 1. The number of ketones is 1. The van der Waals surface area contributed by atoms with Gasteiger partial charge in [0.2, 0.25) is 0 Å². The van der Waals surface area contributed by atoms with Crippen LogP contribution >= 0.6 is 0 Å². The second-order valence-corrected chi connectivity index (χ2v) is 4.24. The first-order valence-electron chi connectivity index (χ1n) is 4.12. The molecule has 1 fully saturated rings. The van der Waals surface area contributed by atoms with E-state index in [2.05, 4.69) is 0 Å². The Morgan fingerprint density at radius 1 is 1.58 bits per heavy atom. The van der Waals surface area contributed by atoms with Crippen LogP contribution in [-0.2, 0) is 9.59 Å². The van der Waals surface area contributed by atoms with Crippen LogP contribution in [0.4, 0.5) is 0 Å². The minimum atomic E-state index is -0.849. The minimum absolute atomic E-state index is 0.0763. The van der Waals surface area contributed by atoms with Gasteiger partial charge >= 0.3 is 5.97 Å². The maximum absolute atomic E-state index is 11.2. The van der Waals surface area contributed by atoms with Crippen LogP contribution in [0.2, 0.25) is 0 Å².